The second kappa shape index (κ2) is 5.38. The van der Waals surface area contributed by atoms with Gasteiger partial charge in [0.2, 0.25) is 0 Å². The highest BCUT2D eigenvalue weighted by molar-refractivity contribution is 8.00. The molecule has 2 aromatic heterocycles. The van der Waals surface area contributed by atoms with Crippen LogP contribution in [0.15, 0.2) is 10.7 Å². The predicted molar refractivity (Wildman–Crippen MR) is 74.6 cm³/mol. The summed E-state index contributed by atoms with van der Waals surface area (Å²) in [7, 11) is 0. The van der Waals surface area contributed by atoms with Crippen LogP contribution in [-0.2, 0) is 4.74 Å². The molecular weight excluding hydrogens is 268 g/mol. The van der Waals surface area contributed by atoms with E-state index in [1.54, 1.807) is 29.4 Å². The highest BCUT2D eigenvalue weighted by Gasteiger charge is 2.17. The zero-order chi connectivity index (χ0) is 12.4. The van der Waals surface area contributed by atoms with Gasteiger partial charge in [0.15, 0.2) is 15.8 Å². The summed E-state index contributed by atoms with van der Waals surface area (Å²) in [5.74, 6) is 1.00. The Morgan fingerprint density at radius 3 is 3.17 bits per heavy atom. The Morgan fingerprint density at radius 2 is 2.28 bits per heavy atom. The van der Waals surface area contributed by atoms with Crippen molar-refractivity contribution in [2.75, 3.05) is 37.5 Å². The minimum Gasteiger partial charge on any atom is -0.380 e. The molecule has 7 heteroatoms. The number of hydrogen-bond acceptors (Lipinski definition) is 7. The van der Waals surface area contributed by atoms with Crippen molar-refractivity contribution < 1.29 is 4.74 Å². The molecule has 1 fully saturated rings. The average molecular weight is 282 g/mol. The quantitative estimate of drug-likeness (QED) is 0.786. The van der Waals surface area contributed by atoms with Gasteiger partial charge in [-0.05, 0) is 12.7 Å². The number of anilines is 1. The van der Waals surface area contributed by atoms with Gasteiger partial charge in [0.25, 0.3) is 0 Å². The number of thiazole rings is 1. The summed E-state index contributed by atoms with van der Waals surface area (Å²) < 4.78 is 7.61. The molecule has 0 saturated carbocycles. The van der Waals surface area contributed by atoms with Gasteiger partial charge in [-0.25, -0.2) is 15.0 Å². The largest absolute Gasteiger partial charge is 0.380 e. The maximum absolute atomic E-state index is 5.48. The summed E-state index contributed by atoms with van der Waals surface area (Å²) in [6.45, 7) is 3.47. The summed E-state index contributed by atoms with van der Waals surface area (Å²) in [5.41, 5.74) is 0.805. The highest BCUT2D eigenvalue weighted by atomic mass is 32.2. The molecule has 1 saturated heterocycles. The maximum Gasteiger partial charge on any atom is 0.176 e. The maximum atomic E-state index is 5.48. The fourth-order valence-electron chi connectivity index (χ4n) is 1.99. The third-order valence-corrected chi connectivity index (χ3v) is 4.87. The van der Waals surface area contributed by atoms with E-state index in [4.69, 9.17) is 4.74 Å². The first-order chi connectivity index (χ1) is 8.88. The van der Waals surface area contributed by atoms with Gasteiger partial charge in [0.1, 0.15) is 11.0 Å². The zero-order valence-corrected chi connectivity index (χ0v) is 11.8. The van der Waals surface area contributed by atoms with Gasteiger partial charge in [0.05, 0.1) is 6.61 Å². The van der Waals surface area contributed by atoms with Crippen molar-refractivity contribution in [1.29, 1.82) is 0 Å². The molecular formula is C11H14N4OS2. The summed E-state index contributed by atoms with van der Waals surface area (Å²) in [5, 5.41) is 0. The van der Waals surface area contributed by atoms with Crippen molar-refractivity contribution in [1.82, 2.24) is 15.0 Å². The van der Waals surface area contributed by atoms with E-state index >= 15 is 0 Å². The molecule has 0 spiro atoms. The van der Waals surface area contributed by atoms with Crippen molar-refractivity contribution >= 4 is 39.3 Å². The van der Waals surface area contributed by atoms with Gasteiger partial charge in [-0.15, -0.1) is 11.3 Å². The lowest BCUT2D eigenvalue weighted by Gasteiger charge is -2.20. The molecule has 0 radical (unpaired) electrons. The molecule has 0 bridgehead atoms. The van der Waals surface area contributed by atoms with Gasteiger partial charge in [-0.1, -0.05) is 11.8 Å². The summed E-state index contributed by atoms with van der Waals surface area (Å²) in [4.78, 5) is 15.4. The molecule has 1 aliphatic heterocycles. The van der Waals surface area contributed by atoms with E-state index in [0.717, 1.165) is 53.2 Å². The molecule has 5 nitrogen and oxygen atoms in total. The van der Waals surface area contributed by atoms with Crippen molar-refractivity contribution in [3.8, 4) is 0 Å². The van der Waals surface area contributed by atoms with E-state index in [2.05, 4.69) is 19.9 Å². The number of nitrogens with zero attached hydrogens (tertiary/aromatic N) is 4. The first kappa shape index (κ1) is 12.1. The summed E-state index contributed by atoms with van der Waals surface area (Å²) >= 11 is 3.32. The predicted octanol–water partition coefficient (Wildman–Crippen LogP) is 2.03. The molecule has 18 heavy (non-hydrogen) atoms. The van der Waals surface area contributed by atoms with Gasteiger partial charge < -0.3 is 9.64 Å². The molecule has 0 N–H and O–H groups in total. The van der Waals surface area contributed by atoms with E-state index in [1.165, 1.54) is 0 Å². The van der Waals surface area contributed by atoms with Crippen LogP contribution in [0.1, 0.15) is 6.42 Å². The van der Waals surface area contributed by atoms with E-state index in [9.17, 15) is 0 Å². The van der Waals surface area contributed by atoms with Crippen molar-refractivity contribution in [2.45, 2.75) is 10.8 Å². The molecule has 0 atom stereocenters. The Bertz CT molecular complexity index is 537. The lowest BCUT2D eigenvalue weighted by molar-refractivity contribution is 0.152. The van der Waals surface area contributed by atoms with Crippen LogP contribution < -0.4 is 4.90 Å². The number of aromatic nitrogens is 3. The Labute approximate surface area is 114 Å². The molecule has 1 aliphatic rings. The zero-order valence-electron chi connectivity index (χ0n) is 10.1. The number of hydrogen-bond donors (Lipinski definition) is 0. The Balaban J connectivity index is 2.01. The smallest absolute Gasteiger partial charge is 0.176 e. The van der Waals surface area contributed by atoms with Gasteiger partial charge in [-0.3, -0.25) is 0 Å². The van der Waals surface area contributed by atoms with E-state index in [0.29, 0.717) is 0 Å². The SMILES string of the molecule is CSc1nc2ncnc(N3CCCOCC3)c2s1. The van der Waals surface area contributed by atoms with Crippen LogP contribution in [-0.4, -0.2) is 47.5 Å². The van der Waals surface area contributed by atoms with Crippen molar-refractivity contribution in [3.63, 3.8) is 0 Å². The first-order valence-corrected chi connectivity index (χ1v) is 7.91. The molecule has 3 heterocycles. The van der Waals surface area contributed by atoms with Crippen LogP contribution in [0.5, 0.6) is 0 Å². The Kier molecular flexibility index (Phi) is 3.62. The topological polar surface area (TPSA) is 51.1 Å². The number of ether oxygens (including phenoxy) is 1. The van der Waals surface area contributed by atoms with Crippen LogP contribution in [0.2, 0.25) is 0 Å². The fourth-order valence-corrected chi connectivity index (χ4v) is 3.52. The van der Waals surface area contributed by atoms with Crippen molar-refractivity contribution in [2.24, 2.45) is 0 Å². The summed E-state index contributed by atoms with van der Waals surface area (Å²) in [6, 6.07) is 0. The minimum absolute atomic E-state index is 0.764. The Morgan fingerprint density at radius 1 is 1.33 bits per heavy atom. The van der Waals surface area contributed by atoms with Gasteiger partial charge in [-0.2, -0.15) is 0 Å². The van der Waals surface area contributed by atoms with Crippen LogP contribution >= 0.6 is 23.1 Å². The Hall–Kier alpha value is -0.920. The van der Waals surface area contributed by atoms with Crippen LogP contribution in [0, 0.1) is 0 Å². The average Bonchev–Trinajstić information content (AvgIpc) is 2.64. The monoisotopic (exact) mass is 282 g/mol. The molecule has 0 aliphatic carbocycles. The number of fused-ring (bicyclic) bond motifs is 1. The van der Waals surface area contributed by atoms with Crippen LogP contribution in [0.3, 0.4) is 0 Å². The first-order valence-electron chi connectivity index (χ1n) is 5.86. The van der Waals surface area contributed by atoms with E-state index < -0.39 is 0 Å². The second-order valence-corrected chi connectivity index (χ2v) is 6.04. The number of thioether (sulfide) groups is 1. The minimum atomic E-state index is 0.764. The third kappa shape index (κ3) is 2.30. The highest BCUT2D eigenvalue weighted by Crippen LogP contribution is 2.32. The molecule has 0 amide bonds. The van der Waals surface area contributed by atoms with Crippen LogP contribution in [0.25, 0.3) is 10.3 Å². The van der Waals surface area contributed by atoms with E-state index in [-0.39, 0.29) is 0 Å². The summed E-state index contributed by atoms with van der Waals surface area (Å²) in [6.07, 6.45) is 4.68. The van der Waals surface area contributed by atoms with Gasteiger partial charge in [0, 0.05) is 19.7 Å². The lowest BCUT2D eigenvalue weighted by atomic mass is 10.4. The van der Waals surface area contributed by atoms with E-state index in [1.807, 2.05) is 6.26 Å². The molecule has 2 aromatic rings. The molecule has 96 valence electrons. The van der Waals surface area contributed by atoms with Crippen molar-refractivity contribution in [3.05, 3.63) is 6.33 Å². The molecule has 0 aromatic carbocycles. The second-order valence-electron chi connectivity index (χ2n) is 3.99. The van der Waals surface area contributed by atoms with Gasteiger partial charge >= 0.3 is 0 Å². The molecule has 0 unspecified atom stereocenters. The number of rotatable bonds is 2. The standard InChI is InChI=1S/C11H14N4OS2/c1-17-11-14-9-8(18-11)10(13-7-12-9)15-3-2-5-16-6-4-15/h7H,2-6H2,1H3. The fraction of sp³-hybridized carbons (Fsp3) is 0.545. The normalized spacial score (nSPS) is 17.1. The lowest BCUT2D eigenvalue weighted by Crippen LogP contribution is -2.26. The molecule has 3 rings (SSSR count). The van der Waals surface area contributed by atoms with Crippen LogP contribution in [0.4, 0.5) is 5.82 Å². The third-order valence-electron chi connectivity index (χ3n) is 2.85.